The summed E-state index contributed by atoms with van der Waals surface area (Å²) in [7, 11) is 0. The maximum absolute atomic E-state index is 10.5. The van der Waals surface area contributed by atoms with Gasteiger partial charge in [0.25, 0.3) is 0 Å². The fourth-order valence-electron chi connectivity index (χ4n) is 2.92. The molecule has 0 saturated heterocycles. The van der Waals surface area contributed by atoms with Crippen molar-refractivity contribution in [2.24, 2.45) is 9.98 Å². The SMILES string of the molecule is O=C=NC1=C(CC2=C(N=C=O)CCCC2)CCCC1. The minimum atomic E-state index is 0.807. The summed E-state index contributed by atoms with van der Waals surface area (Å²) in [6, 6.07) is 0. The molecule has 4 heteroatoms. The first-order valence-electron chi connectivity index (χ1n) is 6.92. The van der Waals surface area contributed by atoms with Gasteiger partial charge in [0.1, 0.15) is 0 Å². The second-order valence-electron chi connectivity index (χ2n) is 5.10. The van der Waals surface area contributed by atoms with Crippen molar-refractivity contribution in [3.8, 4) is 0 Å². The van der Waals surface area contributed by atoms with Gasteiger partial charge in [-0.25, -0.2) is 9.59 Å². The van der Waals surface area contributed by atoms with Crippen molar-refractivity contribution in [2.45, 2.75) is 57.8 Å². The zero-order valence-electron chi connectivity index (χ0n) is 11.1. The Morgan fingerprint density at radius 1 is 0.737 bits per heavy atom. The van der Waals surface area contributed by atoms with Gasteiger partial charge in [0.15, 0.2) is 0 Å². The molecule has 0 unspecified atom stereocenters. The molecule has 100 valence electrons. The molecule has 0 saturated carbocycles. The highest BCUT2D eigenvalue weighted by Crippen LogP contribution is 2.35. The molecule has 0 aromatic carbocycles. The Kier molecular flexibility index (Phi) is 5.02. The molecule has 2 aliphatic carbocycles. The molecule has 0 radical (unpaired) electrons. The van der Waals surface area contributed by atoms with E-state index in [0.29, 0.717) is 0 Å². The Morgan fingerprint density at radius 2 is 1.16 bits per heavy atom. The van der Waals surface area contributed by atoms with Crippen molar-refractivity contribution < 1.29 is 9.59 Å². The highest BCUT2D eigenvalue weighted by atomic mass is 16.1. The van der Waals surface area contributed by atoms with E-state index >= 15 is 0 Å². The average molecular weight is 258 g/mol. The fourth-order valence-corrected chi connectivity index (χ4v) is 2.92. The molecule has 0 N–H and O–H groups in total. The van der Waals surface area contributed by atoms with Crippen molar-refractivity contribution >= 4 is 12.2 Å². The van der Waals surface area contributed by atoms with Crippen LogP contribution >= 0.6 is 0 Å². The quantitative estimate of drug-likeness (QED) is 0.570. The van der Waals surface area contributed by atoms with Gasteiger partial charge in [-0.1, -0.05) is 0 Å². The lowest BCUT2D eigenvalue weighted by Gasteiger charge is -2.21. The highest BCUT2D eigenvalue weighted by molar-refractivity contribution is 5.41. The second kappa shape index (κ2) is 6.98. The number of rotatable bonds is 4. The van der Waals surface area contributed by atoms with Crippen LogP contribution in [0.1, 0.15) is 57.8 Å². The van der Waals surface area contributed by atoms with Gasteiger partial charge in [0.2, 0.25) is 12.2 Å². The summed E-state index contributed by atoms with van der Waals surface area (Å²) in [6.07, 6.45) is 12.3. The van der Waals surface area contributed by atoms with Crippen LogP contribution in [0.25, 0.3) is 0 Å². The molecule has 0 spiro atoms. The number of aliphatic imine (C=N–C) groups is 2. The van der Waals surface area contributed by atoms with E-state index in [4.69, 9.17) is 0 Å². The summed E-state index contributed by atoms with van der Waals surface area (Å²) in [6.45, 7) is 0. The van der Waals surface area contributed by atoms with Crippen molar-refractivity contribution in [1.29, 1.82) is 0 Å². The third kappa shape index (κ3) is 3.60. The van der Waals surface area contributed by atoms with Crippen LogP contribution in [-0.2, 0) is 9.59 Å². The van der Waals surface area contributed by atoms with Gasteiger partial charge in [0, 0.05) is 0 Å². The summed E-state index contributed by atoms with van der Waals surface area (Å²) >= 11 is 0. The molecule has 0 amide bonds. The minimum Gasteiger partial charge on any atom is -0.211 e. The molecule has 19 heavy (non-hydrogen) atoms. The molecule has 4 nitrogen and oxygen atoms in total. The fraction of sp³-hybridized carbons (Fsp3) is 0.600. The van der Waals surface area contributed by atoms with Crippen LogP contribution in [0.3, 0.4) is 0 Å². The zero-order chi connectivity index (χ0) is 13.5. The van der Waals surface area contributed by atoms with Crippen LogP contribution in [0.4, 0.5) is 0 Å². The lowest BCUT2D eigenvalue weighted by molar-refractivity contribution is 0.561. The smallest absolute Gasteiger partial charge is 0.211 e. The predicted octanol–water partition coefficient (Wildman–Crippen LogP) is 3.70. The zero-order valence-corrected chi connectivity index (χ0v) is 11.1. The third-order valence-electron chi connectivity index (χ3n) is 3.89. The van der Waals surface area contributed by atoms with Crippen LogP contribution < -0.4 is 0 Å². The summed E-state index contributed by atoms with van der Waals surface area (Å²) in [5, 5.41) is 0. The molecular formula is C15H18N2O2. The van der Waals surface area contributed by atoms with Crippen molar-refractivity contribution in [3.05, 3.63) is 22.5 Å². The summed E-state index contributed by atoms with van der Waals surface area (Å²) in [4.78, 5) is 28.6. The van der Waals surface area contributed by atoms with Gasteiger partial charge in [-0.15, -0.1) is 0 Å². The van der Waals surface area contributed by atoms with Crippen LogP contribution in [0.2, 0.25) is 0 Å². The summed E-state index contributed by atoms with van der Waals surface area (Å²) in [5.41, 5.74) is 4.25. The predicted molar refractivity (Wildman–Crippen MR) is 71.8 cm³/mol. The molecule has 0 atom stereocenters. The topological polar surface area (TPSA) is 58.9 Å². The van der Waals surface area contributed by atoms with Crippen molar-refractivity contribution in [3.63, 3.8) is 0 Å². The number of isocyanates is 2. The van der Waals surface area contributed by atoms with E-state index in [0.717, 1.165) is 69.2 Å². The van der Waals surface area contributed by atoms with Crippen LogP contribution in [0, 0.1) is 0 Å². The number of allylic oxidation sites excluding steroid dienone is 4. The van der Waals surface area contributed by atoms with E-state index in [1.165, 1.54) is 11.1 Å². The Balaban J connectivity index is 2.26. The number of hydrogen-bond donors (Lipinski definition) is 0. The number of nitrogens with zero attached hydrogens (tertiary/aromatic N) is 2. The first-order chi connectivity index (χ1) is 9.35. The van der Waals surface area contributed by atoms with E-state index in [9.17, 15) is 9.59 Å². The van der Waals surface area contributed by atoms with E-state index in [-0.39, 0.29) is 0 Å². The highest BCUT2D eigenvalue weighted by Gasteiger charge is 2.18. The standard InChI is InChI=1S/C15H18N2O2/c18-10-16-14-7-3-1-5-12(14)9-13-6-2-4-8-15(13)17-11-19/h1-9H2. The normalized spacial score (nSPS) is 19.8. The minimum absolute atomic E-state index is 0.807. The summed E-state index contributed by atoms with van der Waals surface area (Å²) < 4.78 is 0. The molecule has 0 heterocycles. The van der Waals surface area contributed by atoms with Gasteiger partial charge in [-0.05, 0) is 68.9 Å². The maximum atomic E-state index is 10.5. The molecule has 2 aliphatic rings. The van der Waals surface area contributed by atoms with E-state index in [1.807, 2.05) is 0 Å². The lowest BCUT2D eigenvalue weighted by Crippen LogP contribution is -2.04. The van der Waals surface area contributed by atoms with E-state index in [1.54, 1.807) is 12.2 Å². The molecule has 2 rings (SSSR count). The van der Waals surface area contributed by atoms with Gasteiger partial charge < -0.3 is 0 Å². The molecule has 0 aromatic heterocycles. The van der Waals surface area contributed by atoms with E-state index in [2.05, 4.69) is 9.98 Å². The third-order valence-corrected chi connectivity index (χ3v) is 3.89. The number of carbonyl (C=O) groups excluding carboxylic acids is 2. The second-order valence-corrected chi connectivity index (χ2v) is 5.10. The monoisotopic (exact) mass is 258 g/mol. The van der Waals surface area contributed by atoms with Crippen LogP contribution in [0.15, 0.2) is 32.5 Å². The molecule has 0 fully saturated rings. The average Bonchev–Trinajstić information content (AvgIpc) is 2.44. The Bertz CT molecular complexity index is 458. The van der Waals surface area contributed by atoms with Gasteiger partial charge in [-0.2, -0.15) is 9.98 Å². The van der Waals surface area contributed by atoms with Gasteiger partial charge in [-0.3, -0.25) is 0 Å². The molecular weight excluding hydrogens is 240 g/mol. The van der Waals surface area contributed by atoms with E-state index < -0.39 is 0 Å². The van der Waals surface area contributed by atoms with Crippen molar-refractivity contribution in [1.82, 2.24) is 0 Å². The largest absolute Gasteiger partial charge is 0.240 e. The maximum Gasteiger partial charge on any atom is 0.240 e. The van der Waals surface area contributed by atoms with Gasteiger partial charge >= 0.3 is 0 Å². The van der Waals surface area contributed by atoms with Crippen LogP contribution in [0.5, 0.6) is 0 Å². The molecule has 0 bridgehead atoms. The van der Waals surface area contributed by atoms with Gasteiger partial charge in [0.05, 0.1) is 11.4 Å². The lowest BCUT2D eigenvalue weighted by atomic mass is 9.86. The first kappa shape index (κ1) is 13.7. The Hall–Kier alpha value is -1.76. The summed E-state index contributed by atoms with van der Waals surface area (Å²) in [5.74, 6) is 0. The number of hydrogen-bond acceptors (Lipinski definition) is 4. The Labute approximate surface area is 113 Å². The molecule has 0 aromatic rings. The van der Waals surface area contributed by atoms with Crippen LogP contribution in [-0.4, -0.2) is 12.2 Å². The first-order valence-corrected chi connectivity index (χ1v) is 6.92. The van der Waals surface area contributed by atoms with Crippen molar-refractivity contribution in [2.75, 3.05) is 0 Å². The Morgan fingerprint density at radius 3 is 1.58 bits per heavy atom. The molecule has 0 aliphatic heterocycles.